The fourth-order valence-corrected chi connectivity index (χ4v) is 4.78. The van der Waals surface area contributed by atoms with Crippen LogP contribution in [0.3, 0.4) is 0 Å². The fourth-order valence-electron chi connectivity index (χ4n) is 4.78. The number of hydrogen-bond acceptors (Lipinski definition) is 4. The van der Waals surface area contributed by atoms with Gasteiger partial charge in [-0.15, -0.1) is 38.0 Å². The number of rotatable bonds is 6. The molecule has 1 saturated carbocycles. The molecule has 3 rings (SSSR count). The zero-order valence-electron chi connectivity index (χ0n) is 18.2. The van der Waals surface area contributed by atoms with Crippen molar-refractivity contribution in [2.24, 2.45) is 5.92 Å². The second-order valence-corrected chi connectivity index (χ2v) is 8.67. The molecule has 2 fully saturated rings. The first-order valence-electron chi connectivity index (χ1n) is 10.7. The predicted octanol–water partition coefficient (Wildman–Crippen LogP) is 5.09. The molecule has 31 heavy (non-hydrogen) atoms. The Labute approximate surface area is 195 Å². The first-order valence-corrected chi connectivity index (χ1v) is 10.7. The lowest BCUT2D eigenvalue weighted by molar-refractivity contribution is -0.274. The zero-order valence-corrected chi connectivity index (χ0v) is 19.8. The number of piperazine rings is 1. The number of nitrogens with zero attached hydrogens (tertiary/aromatic N) is 2. The smallest absolute Gasteiger partial charge is 0.406 e. The molecule has 1 saturated heterocycles. The highest BCUT2D eigenvalue weighted by molar-refractivity contribution is 5.85. The average molecular weight is 487 g/mol. The van der Waals surface area contributed by atoms with Gasteiger partial charge in [0, 0.05) is 44.7 Å². The van der Waals surface area contributed by atoms with E-state index >= 15 is 0 Å². The van der Waals surface area contributed by atoms with Gasteiger partial charge >= 0.3 is 6.36 Å². The molecule has 0 spiro atoms. The summed E-state index contributed by atoms with van der Waals surface area (Å²) in [6.07, 6.45) is -1.38. The quantitative estimate of drug-likeness (QED) is 0.607. The molecule has 0 aromatic heterocycles. The van der Waals surface area contributed by atoms with Crippen molar-refractivity contribution in [1.29, 1.82) is 0 Å². The maximum absolute atomic E-state index is 12.7. The Hall–Kier alpha value is -0.730. The van der Waals surface area contributed by atoms with Crippen molar-refractivity contribution >= 4 is 24.8 Å². The van der Waals surface area contributed by atoms with E-state index in [0.717, 1.165) is 64.0 Å². The average Bonchev–Trinajstić information content (AvgIpc) is 2.66. The van der Waals surface area contributed by atoms with Crippen LogP contribution in [-0.4, -0.2) is 66.1 Å². The summed E-state index contributed by atoms with van der Waals surface area (Å²) in [5, 5.41) is 10.7. The summed E-state index contributed by atoms with van der Waals surface area (Å²) in [7, 11) is 0. The predicted molar refractivity (Wildman–Crippen MR) is 121 cm³/mol. The first kappa shape index (κ1) is 28.3. The van der Waals surface area contributed by atoms with Crippen LogP contribution in [0.4, 0.5) is 13.2 Å². The van der Waals surface area contributed by atoms with Crippen molar-refractivity contribution in [2.75, 3.05) is 32.7 Å². The van der Waals surface area contributed by atoms with Crippen LogP contribution in [0.25, 0.3) is 0 Å². The van der Waals surface area contributed by atoms with Gasteiger partial charge in [0.05, 0.1) is 6.10 Å². The van der Waals surface area contributed by atoms with E-state index in [0.29, 0.717) is 6.04 Å². The lowest BCUT2D eigenvalue weighted by atomic mass is 9.74. The van der Waals surface area contributed by atoms with E-state index in [1.54, 1.807) is 6.07 Å². The Bertz CT molecular complexity index is 656. The minimum absolute atomic E-state index is 0. The molecular weight excluding hydrogens is 452 g/mol. The molecular formula is C22H35Cl2F3N2O2. The molecule has 2 aliphatic rings. The van der Waals surface area contributed by atoms with E-state index in [2.05, 4.69) is 28.4 Å². The number of benzene rings is 1. The Morgan fingerprint density at radius 1 is 1.06 bits per heavy atom. The van der Waals surface area contributed by atoms with Gasteiger partial charge in [0.2, 0.25) is 0 Å². The highest BCUT2D eigenvalue weighted by Crippen LogP contribution is 2.38. The van der Waals surface area contributed by atoms with Crippen molar-refractivity contribution in [1.82, 2.24) is 9.80 Å². The third-order valence-electron chi connectivity index (χ3n) is 6.41. The standard InChI is InChI=1S/C22H33F3N2O2.2ClH/c1-16(2)27-12-10-26(11-13-27)15-20(19-8-3-4-9-21(19)28)17-6-5-7-18(14-17)29-22(23,24)25;;/h5-7,14,16,19-21,28H,3-4,8-13,15H2,1-2H3;2*1H. The van der Waals surface area contributed by atoms with Crippen molar-refractivity contribution in [3.8, 4) is 5.75 Å². The maximum Gasteiger partial charge on any atom is 0.573 e. The monoisotopic (exact) mass is 486 g/mol. The Balaban J connectivity index is 0.00000240. The van der Waals surface area contributed by atoms with Gasteiger partial charge in [0.25, 0.3) is 0 Å². The molecule has 0 radical (unpaired) electrons. The Morgan fingerprint density at radius 2 is 1.71 bits per heavy atom. The van der Waals surface area contributed by atoms with E-state index in [-0.39, 0.29) is 42.4 Å². The van der Waals surface area contributed by atoms with Crippen LogP contribution >= 0.6 is 24.8 Å². The van der Waals surface area contributed by atoms with Gasteiger partial charge in [-0.2, -0.15) is 0 Å². The van der Waals surface area contributed by atoms with Crippen LogP contribution < -0.4 is 4.74 Å². The molecule has 1 heterocycles. The fraction of sp³-hybridized carbons (Fsp3) is 0.727. The van der Waals surface area contributed by atoms with Crippen LogP contribution in [0, 0.1) is 5.92 Å². The van der Waals surface area contributed by atoms with E-state index in [1.807, 2.05) is 6.07 Å². The molecule has 4 nitrogen and oxygen atoms in total. The number of ether oxygens (including phenoxy) is 1. The Kier molecular flexibility index (Phi) is 11.4. The molecule has 1 aliphatic heterocycles. The molecule has 3 atom stereocenters. The van der Waals surface area contributed by atoms with Crippen molar-refractivity contribution in [2.45, 2.75) is 64.0 Å². The molecule has 1 aromatic rings. The summed E-state index contributed by atoms with van der Waals surface area (Å²) >= 11 is 0. The number of aliphatic hydroxyl groups excluding tert-OH is 1. The maximum atomic E-state index is 12.7. The first-order chi connectivity index (χ1) is 13.7. The molecule has 3 unspecified atom stereocenters. The van der Waals surface area contributed by atoms with E-state index in [4.69, 9.17) is 0 Å². The minimum Gasteiger partial charge on any atom is -0.406 e. The van der Waals surface area contributed by atoms with Gasteiger partial charge in [-0.05, 0) is 50.3 Å². The minimum atomic E-state index is -4.70. The molecule has 0 amide bonds. The molecule has 180 valence electrons. The van der Waals surface area contributed by atoms with Gasteiger partial charge in [0.15, 0.2) is 0 Å². The van der Waals surface area contributed by atoms with Crippen LogP contribution in [0.2, 0.25) is 0 Å². The van der Waals surface area contributed by atoms with E-state index in [9.17, 15) is 18.3 Å². The summed E-state index contributed by atoms with van der Waals surface area (Å²) in [5.74, 6) is -0.129. The molecule has 9 heteroatoms. The van der Waals surface area contributed by atoms with Crippen molar-refractivity contribution in [3.63, 3.8) is 0 Å². The third kappa shape index (κ3) is 8.28. The van der Waals surface area contributed by atoms with Crippen LogP contribution in [-0.2, 0) is 0 Å². The lowest BCUT2D eigenvalue weighted by Crippen LogP contribution is -2.50. The summed E-state index contributed by atoms with van der Waals surface area (Å²) in [6, 6.07) is 6.86. The SMILES string of the molecule is CC(C)N1CCN(CC(c2cccc(OC(F)(F)F)c2)C2CCCCC2O)CC1.Cl.Cl. The second-order valence-electron chi connectivity index (χ2n) is 8.67. The van der Waals surface area contributed by atoms with Crippen LogP contribution in [0.15, 0.2) is 24.3 Å². The van der Waals surface area contributed by atoms with Gasteiger partial charge in [-0.25, -0.2) is 0 Å². The number of aliphatic hydroxyl groups is 1. The van der Waals surface area contributed by atoms with Gasteiger partial charge < -0.3 is 14.7 Å². The summed E-state index contributed by atoms with van der Waals surface area (Å²) in [5.41, 5.74) is 0.823. The molecule has 1 aliphatic carbocycles. The second kappa shape index (κ2) is 12.5. The van der Waals surface area contributed by atoms with E-state index < -0.39 is 12.5 Å². The van der Waals surface area contributed by atoms with Crippen LogP contribution in [0.1, 0.15) is 51.0 Å². The largest absolute Gasteiger partial charge is 0.573 e. The van der Waals surface area contributed by atoms with E-state index in [1.165, 1.54) is 12.1 Å². The van der Waals surface area contributed by atoms with Gasteiger partial charge in [-0.1, -0.05) is 25.0 Å². The number of alkyl halides is 3. The zero-order chi connectivity index (χ0) is 21.0. The normalized spacial score (nSPS) is 24.2. The van der Waals surface area contributed by atoms with Gasteiger partial charge in [0.1, 0.15) is 5.75 Å². The van der Waals surface area contributed by atoms with Crippen LogP contribution in [0.5, 0.6) is 5.75 Å². The molecule has 1 aromatic carbocycles. The highest BCUT2D eigenvalue weighted by atomic mass is 35.5. The number of hydrogen-bond donors (Lipinski definition) is 1. The summed E-state index contributed by atoms with van der Waals surface area (Å²) < 4.78 is 42.2. The topological polar surface area (TPSA) is 35.9 Å². The molecule has 1 N–H and O–H groups in total. The summed E-state index contributed by atoms with van der Waals surface area (Å²) in [4.78, 5) is 4.83. The molecule has 0 bridgehead atoms. The Morgan fingerprint density at radius 3 is 2.29 bits per heavy atom. The highest BCUT2D eigenvalue weighted by Gasteiger charge is 2.35. The summed E-state index contributed by atoms with van der Waals surface area (Å²) in [6.45, 7) is 9.02. The third-order valence-corrected chi connectivity index (χ3v) is 6.41. The van der Waals surface area contributed by atoms with Crippen molar-refractivity contribution in [3.05, 3.63) is 29.8 Å². The van der Waals surface area contributed by atoms with Gasteiger partial charge in [-0.3, -0.25) is 4.90 Å². The van der Waals surface area contributed by atoms with Crippen molar-refractivity contribution < 1.29 is 23.0 Å². The number of halogens is 5. The lowest BCUT2D eigenvalue weighted by Gasteiger charge is -2.41.